The number of hydrogen-bond donors (Lipinski definition) is 1. The first-order valence-electron chi connectivity index (χ1n) is 6.45. The van der Waals surface area contributed by atoms with Crippen molar-refractivity contribution in [1.82, 2.24) is 0 Å². The number of hydrogen-bond acceptors (Lipinski definition) is 3. The van der Waals surface area contributed by atoms with Gasteiger partial charge in [0.2, 0.25) is 0 Å². The van der Waals surface area contributed by atoms with E-state index in [0.717, 1.165) is 18.7 Å². The Balaban J connectivity index is 2.32. The molecular formula is C15H18N2O2. The predicted octanol–water partition coefficient (Wildman–Crippen LogP) is 2.64. The summed E-state index contributed by atoms with van der Waals surface area (Å²) in [4.78, 5) is 13.1. The Morgan fingerprint density at radius 1 is 1.53 bits per heavy atom. The van der Waals surface area contributed by atoms with Gasteiger partial charge in [-0.05, 0) is 38.3 Å². The number of anilines is 1. The summed E-state index contributed by atoms with van der Waals surface area (Å²) in [5.74, 6) is -0.648. The fourth-order valence-corrected chi connectivity index (χ4v) is 2.94. The average molecular weight is 258 g/mol. The van der Waals surface area contributed by atoms with E-state index in [-0.39, 0.29) is 17.9 Å². The van der Waals surface area contributed by atoms with Crippen LogP contribution in [-0.4, -0.2) is 23.2 Å². The van der Waals surface area contributed by atoms with E-state index in [1.165, 1.54) is 0 Å². The van der Waals surface area contributed by atoms with Crippen molar-refractivity contribution in [1.29, 1.82) is 5.26 Å². The fraction of sp³-hybridized carbons (Fsp3) is 0.467. The van der Waals surface area contributed by atoms with Crippen molar-refractivity contribution in [2.75, 3.05) is 11.4 Å². The van der Waals surface area contributed by atoms with Crippen molar-refractivity contribution in [3.05, 3.63) is 29.8 Å². The van der Waals surface area contributed by atoms with Gasteiger partial charge >= 0.3 is 5.97 Å². The molecule has 0 radical (unpaired) electrons. The molecule has 1 aliphatic heterocycles. The number of carbonyl (C=O) groups is 1. The highest BCUT2D eigenvalue weighted by atomic mass is 16.4. The molecule has 2 rings (SSSR count). The van der Waals surface area contributed by atoms with Gasteiger partial charge in [-0.3, -0.25) is 4.79 Å². The monoisotopic (exact) mass is 258 g/mol. The molecule has 4 heteroatoms. The second-order valence-corrected chi connectivity index (χ2v) is 5.52. The largest absolute Gasteiger partial charge is 0.481 e. The summed E-state index contributed by atoms with van der Waals surface area (Å²) in [6.45, 7) is 4.91. The summed E-state index contributed by atoms with van der Waals surface area (Å²) in [7, 11) is 0. The lowest BCUT2D eigenvalue weighted by Crippen LogP contribution is -2.43. The van der Waals surface area contributed by atoms with E-state index in [1.807, 2.05) is 18.2 Å². The highest BCUT2D eigenvalue weighted by Gasteiger charge is 2.42. The lowest BCUT2D eigenvalue weighted by Gasteiger charge is -2.37. The summed E-state index contributed by atoms with van der Waals surface area (Å²) in [6.07, 6.45) is 1.03. The Labute approximate surface area is 113 Å². The maximum atomic E-state index is 10.9. The predicted molar refractivity (Wildman–Crippen MR) is 72.9 cm³/mol. The Kier molecular flexibility index (Phi) is 3.48. The standard InChI is InChI=1S/C15H18N2O2/c1-15(2)12(9-14(18)19)7-8-17(15)13-6-4-3-5-11(13)10-16/h3-6,12H,7-9H2,1-2H3,(H,18,19). The second-order valence-electron chi connectivity index (χ2n) is 5.52. The molecule has 0 saturated carbocycles. The zero-order valence-electron chi connectivity index (χ0n) is 11.3. The number of nitriles is 1. The molecular weight excluding hydrogens is 240 g/mol. The van der Waals surface area contributed by atoms with Crippen LogP contribution in [0.15, 0.2) is 24.3 Å². The molecule has 1 aromatic rings. The molecule has 1 heterocycles. The van der Waals surface area contributed by atoms with Gasteiger partial charge in [0.15, 0.2) is 0 Å². The van der Waals surface area contributed by atoms with Crippen molar-refractivity contribution < 1.29 is 9.90 Å². The van der Waals surface area contributed by atoms with E-state index in [4.69, 9.17) is 5.11 Å². The van der Waals surface area contributed by atoms with Crippen LogP contribution in [0.3, 0.4) is 0 Å². The van der Waals surface area contributed by atoms with E-state index in [9.17, 15) is 10.1 Å². The molecule has 1 aliphatic rings. The zero-order valence-corrected chi connectivity index (χ0v) is 11.3. The highest BCUT2D eigenvalue weighted by Crippen LogP contribution is 2.40. The van der Waals surface area contributed by atoms with Crippen LogP contribution in [-0.2, 0) is 4.79 Å². The number of benzene rings is 1. The van der Waals surface area contributed by atoms with Gasteiger partial charge in [-0.1, -0.05) is 12.1 Å². The molecule has 100 valence electrons. The quantitative estimate of drug-likeness (QED) is 0.905. The molecule has 1 saturated heterocycles. The number of rotatable bonds is 3. The normalized spacial score (nSPS) is 21.1. The number of para-hydroxylation sites is 1. The lowest BCUT2D eigenvalue weighted by atomic mass is 9.85. The number of nitrogens with zero attached hydrogens (tertiary/aromatic N) is 2. The average Bonchev–Trinajstić information content (AvgIpc) is 2.64. The summed E-state index contributed by atoms with van der Waals surface area (Å²) < 4.78 is 0. The highest BCUT2D eigenvalue weighted by molar-refractivity contribution is 5.68. The SMILES string of the molecule is CC1(C)C(CC(=O)O)CCN1c1ccccc1C#N. The minimum absolute atomic E-state index is 0.108. The number of aliphatic carboxylic acids is 1. The Hall–Kier alpha value is -2.02. The minimum atomic E-state index is -0.756. The minimum Gasteiger partial charge on any atom is -0.481 e. The first-order chi connectivity index (χ1) is 8.96. The van der Waals surface area contributed by atoms with Crippen molar-refractivity contribution in [2.24, 2.45) is 5.92 Å². The van der Waals surface area contributed by atoms with Crippen LogP contribution in [0.2, 0.25) is 0 Å². The Bertz CT molecular complexity index is 531. The molecule has 19 heavy (non-hydrogen) atoms. The topological polar surface area (TPSA) is 64.3 Å². The smallest absolute Gasteiger partial charge is 0.303 e. The molecule has 0 aromatic heterocycles. The molecule has 1 N–H and O–H groups in total. The van der Waals surface area contributed by atoms with Crippen molar-refractivity contribution in [2.45, 2.75) is 32.2 Å². The van der Waals surface area contributed by atoms with Gasteiger partial charge in [0.05, 0.1) is 17.7 Å². The summed E-state index contributed by atoms with van der Waals surface area (Å²) >= 11 is 0. The molecule has 4 nitrogen and oxygen atoms in total. The van der Waals surface area contributed by atoms with Crippen molar-refractivity contribution in [3.8, 4) is 6.07 Å². The van der Waals surface area contributed by atoms with Gasteiger partial charge in [-0.25, -0.2) is 0 Å². The van der Waals surface area contributed by atoms with Gasteiger partial charge in [0.1, 0.15) is 6.07 Å². The van der Waals surface area contributed by atoms with E-state index in [1.54, 1.807) is 6.07 Å². The first-order valence-corrected chi connectivity index (χ1v) is 6.45. The van der Waals surface area contributed by atoms with Crippen LogP contribution in [0, 0.1) is 17.2 Å². The van der Waals surface area contributed by atoms with Gasteiger partial charge in [0.25, 0.3) is 0 Å². The molecule has 1 unspecified atom stereocenters. The molecule has 0 amide bonds. The van der Waals surface area contributed by atoms with Gasteiger partial charge < -0.3 is 10.0 Å². The summed E-state index contributed by atoms with van der Waals surface area (Å²) in [6, 6.07) is 9.70. The maximum Gasteiger partial charge on any atom is 0.303 e. The van der Waals surface area contributed by atoms with Crippen LogP contribution < -0.4 is 4.90 Å². The fourth-order valence-electron chi connectivity index (χ4n) is 2.94. The van der Waals surface area contributed by atoms with E-state index >= 15 is 0 Å². The molecule has 1 fully saturated rings. The van der Waals surface area contributed by atoms with Crippen LogP contribution in [0.25, 0.3) is 0 Å². The third-order valence-corrected chi connectivity index (χ3v) is 4.13. The first kappa shape index (κ1) is 13.4. The van der Waals surface area contributed by atoms with E-state index < -0.39 is 5.97 Å². The summed E-state index contributed by atoms with van der Waals surface area (Å²) in [5.41, 5.74) is 1.31. The van der Waals surface area contributed by atoms with E-state index in [0.29, 0.717) is 5.56 Å². The number of carboxylic acids is 1. The van der Waals surface area contributed by atoms with Crippen LogP contribution >= 0.6 is 0 Å². The maximum absolute atomic E-state index is 10.9. The van der Waals surface area contributed by atoms with Crippen LogP contribution in [0.1, 0.15) is 32.3 Å². The van der Waals surface area contributed by atoms with Crippen molar-refractivity contribution >= 4 is 11.7 Å². The molecule has 0 spiro atoms. The molecule has 1 atom stereocenters. The van der Waals surface area contributed by atoms with E-state index in [2.05, 4.69) is 24.8 Å². The lowest BCUT2D eigenvalue weighted by molar-refractivity contribution is -0.138. The number of carboxylic acid groups (broad SMARTS) is 1. The van der Waals surface area contributed by atoms with Crippen molar-refractivity contribution in [3.63, 3.8) is 0 Å². The van der Waals surface area contributed by atoms with Gasteiger partial charge in [0, 0.05) is 12.1 Å². The second kappa shape index (κ2) is 4.93. The third-order valence-electron chi connectivity index (χ3n) is 4.13. The molecule has 0 bridgehead atoms. The Morgan fingerprint density at radius 3 is 2.84 bits per heavy atom. The van der Waals surface area contributed by atoms with Crippen LogP contribution in [0.5, 0.6) is 0 Å². The van der Waals surface area contributed by atoms with Gasteiger partial charge in [-0.2, -0.15) is 5.26 Å². The Morgan fingerprint density at radius 2 is 2.21 bits per heavy atom. The molecule has 1 aromatic carbocycles. The molecule has 0 aliphatic carbocycles. The summed E-state index contributed by atoms with van der Waals surface area (Å²) in [5, 5.41) is 18.2. The van der Waals surface area contributed by atoms with Crippen LogP contribution in [0.4, 0.5) is 5.69 Å². The third kappa shape index (κ3) is 2.41. The van der Waals surface area contributed by atoms with Gasteiger partial charge in [-0.15, -0.1) is 0 Å². The zero-order chi connectivity index (χ0) is 14.0.